The van der Waals surface area contributed by atoms with Crippen LogP contribution in [0.3, 0.4) is 0 Å². The Kier molecular flexibility index (Phi) is 4.35. The molecule has 0 spiro atoms. The fraction of sp³-hybridized carbons (Fsp3) is 0. The van der Waals surface area contributed by atoms with Crippen molar-refractivity contribution in [2.24, 2.45) is 0 Å². The molecular weight excluding hydrogens is 330 g/mol. The average molecular weight is 339 g/mol. The summed E-state index contributed by atoms with van der Waals surface area (Å²) in [6.45, 7) is 0. The third-order valence-corrected chi connectivity index (χ3v) is 3.30. The van der Waals surface area contributed by atoms with Gasteiger partial charge in [-0.3, -0.25) is 9.59 Å². The van der Waals surface area contributed by atoms with Crippen LogP contribution in [0.5, 0.6) is 0 Å². The first-order chi connectivity index (χ1) is 9.10. The molecule has 0 saturated carbocycles. The van der Waals surface area contributed by atoms with Gasteiger partial charge in [0.25, 0.3) is 5.91 Å². The molecular formula is C14H9BrClNO2. The Bertz CT molecular complexity index is 626. The van der Waals surface area contributed by atoms with Gasteiger partial charge >= 0.3 is 0 Å². The van der Waals surface area contributed by atoms with Crippen LogP contribution < -0.4 is 5.32 Å². The van der Waals surface area contributed by atoms with E-state index in [0.717, 1.165) is 10.8 Å². The fourth-order valence-electron chi connectivity index (χ4n) is 1.51. The molecule has 0 aliphatic heterocycles. The van der Waals surface area contributed by atoms with Gasteiger partial charge in [0.05, 0.1) is 10.6 Å². The van der Waals surface area contributed by atoms with Crippen LogP contribution in [-0.4, -0.2) is 12.2 Å². The van der Waals surface area contributed by atoms with Crippen molar-refractivity contribution in [2.45, 2.75) is 0 Å². The summed E-state index contributed by atoms with van der Waals surface area (Å²) in [7, 11) is 0. The van der Waals surface area contributed by atoms with Gasteiger partial charge in [0.2, 0.25) is 0 Å². The lowest BCUT2D eigenvalue weighted by Gasteiger charge is -2.07. The molecule has 0 bridgehead atoms. The van der Waals surface area contributed by atoms with Crippen molar-refractivity contribution >= 4 is 45.4 Å². The predicted octanol–water partition coefficient (Wildman–Crippen LogP) is 4.17. The van der Waals surface area contributed by atoms with Gasteiger partial charge in [-0.25, -0.2) is 0 Å². The van der Waals surface area contributed by atoms with Crippen molar-refractivity contribution in [3.05, 3.63) is 63.1 Å². The van der Waals surface area contributed by atoms with E-state index in [9.17, 15) is 9.59 Å². The Morgan fingerprint density at radius 2 is 1.84 bits per heavy atom. The molecule has 2 aromatic carbocycles. The first kappa shape index (κ1) is 13.8. The second-order valence-corrected chi connectivity index (χ2v) is 5.14. The molecule has 0 aromatic heterocycles. The molecule has 2 rings (SSSR count). The van der Waals surface area contributed by atoms with Crippen molar-refractivity contribution in [1.82, 2.24) is 0 Å². The number of carbonyl (C=O) groups excluding carboxylic acids is 2. The lowest BCUT2D eigenvalue weighted by atomic mass is 10.2. The summed E-state index contributed by atoms with van der Waals surface area (Å²) in [6.07, 6.45) is 0.747. The van der Waals surface area contributed by atoms with Gasteiger partial charge in [0.1, 0.15) is 6.29 Å². The van der Waals surface area contributed by atoms with Gasteiger partial charge in [-0.15, -0.1) is 0 Å². The maximum atomic E-state index is 12.1. The van der Waals surface area contributed by atoms with Crippen LogP contribution in [0.1, 0.15) is 20.7 Å². The Hall–Kier alpha value is -1.65. The molecule has 0 atom stereocenters. The number of hydrogen-bond donors (Lipinski definition) is 1. The summed E-state index contributed by atoms with van der Waals surface area (Å²) < 4.78 is 0.776. The number of aldehydes is 1. The third-order valence-electron chi connectivity index (χ3n) is 2.48. The summed E-state index contributed by atoms with van der Waals surface area (Å²) in [5, 5.41) is 3.10. The van der Waals surface area contributed by atoms with Crippen LogP contribution in [-0.2, 0) is 0 Å². The highest BCUT2D eigenvalue weighted by molar-refractivity contribution is 9.10. The normalized spacial score (nSPS) is 10.0. The van der Waals surface area contributed by atoms with Crippen molar-refractivity contribution < 1.29 is 9.59 Å². The molecule has 5 heteroatoms. The molecule has 1 N–H and O–H groups in total. The number of halogens is 2. The predicted molar refractivity (Wildman–Crippen MR) is 78.9 cm³/mol. The summed E-state index contributed by atoms with van der Waals surface area (Å²) in [4.78, 5) is 22.6. The van der Waals surface area contributed by atoms with E-state index in [1.807, 2.05) is 0 Å². The summed E-state index contributed by atoms with van der Waals surface area (Å²) in [5.41, 5.74) is 1.54. The number of hydrogen-bond acceptors (Lipinski definition) is 2. The fourth-order valence-corrected chi connectivity index (χ4v) is 2.08. The maximum absolute atomic E-state index is 12.1. The topological polar surface area (TPSA) is 46.2 Å². The average Bonchev–Trinajstić information content (AvgIpc) is 2.42. The monoisotopic (exact) mass is 337 g/mol. The van der Waals surface area contributed by atoms with Gasteiger partial charge in [-0.1, -0.05) is 27.5 Å². The molecule has 0 unspecified atom stereocenters. The molecule has 96 valence electrons. The Morgan fingerprint density at radius 1 is 1.16 bits per heavy atom. The van der Waals surface area contributed by atoms with Crippen LogP contribution in [0.2, 0.25) is 5.02 Å². The second kappa shape index (κ2) is 5.99. The van der Waals surface area contributed by atoms with Gasteiger partial charge in [-0.05, 0) is 42.5 Å². The number of anilines is 1. The smallest absolute Gasteiger partial charge is 0.257 e. The number of benzene rings is 2. The molecule has 0 heterocycles. The SMILES string of the molecule is O=Cc1ccc(NC(=O)c2cc(Br)ccc2Cl)cc1. The zero-order chi connectivity index (χ0) is 13.8. The van der Waals surface area contributed by atoms with Crippen LogP contribution >= 0.6 is 27.5 Å². The quantitative estimate of drug-likeness (QED) is 0.854. The van der Waals surface area contributed by atoms with E-state index in [2.05, 4.69) is 21.2 Å². The van der Waals surface area contributed by atoms with Crippen molar-refractivity contribution in [3.63, 3.8) is 0 Å². The van der Waals surface area contributed by atoms with E-state index in [-0.39, 0.29) is 5.91 Å². The molecule has 0 aliphatic carbocycles. The standard InChI is InChI=1S/C14H9BrClNO2/c15-10-3-6-13(16)12(7-10)14(19)17-11-4-1-9(8-18)2-5-11/h1-8H,(H,17,19). The molecule has 19 heavy (non-hydrogen) atoms. The maximum Gasteiger partial charge on any atom is 0.257 e. The van der Waals surface area contributed by atoms with Gasteiger partial charge in [0, 0.05) is 15.7 Å². The summed E-state index contributed by atoms with van der Waals surface area (Å²) in [5.74, 6) is -0.301. The summed E-state index contributed by atoms with van der Waals surface area (Å²) >= 11 is 9.27. The zero-order valence-corrected chi connectivity index (χ0v) is 12.0. The van der Waals surface area contributed by atoms with Crippen LogP contribution in [0.4, 0.5) is 5.69 Å². The molecule has 0 radical (unpaired) electrons. The van der Waals surface area contributed by atoms with E-state index in [0.29, 0.717) is 21.8 Å². The van der Waals surface area contributed by atoms with Gasteiger partial charge in [-0.2, -0.15) is 0 Å². The first-order valence-electron chi connectivity index (χ1n) is 5.42. The van der Waals surface area contributed by atoms with Crippen LogP contribution in [0.15, 0.2) is 46.9 Å². The largest absolute Gasteiger partial charge is 0.322 e. The van der Waals surface area contributed by atoms with E-state index in [1.54, 1.807) is 42.5 Å². The molecule has 0 saturated heterocycles. The molecule has 0 fully saturated rings. The Labute approximate surface area is 123 Å². The highest BCUT2D eigenvalue weighted by atomic mass is 79.9. The van der Waals surface area contributed by atoms with Crippen LogP contribution in [0, 0.1) is 0 Å². The zero-order valence-electron chi connectivity index (χ0n) is 9.69. The van der Waals surface area contributed by atoms with Crippen molar-refractivity contribution in [3.8, 4) is 0 Å². The third kappa shape index (κ3) is 3.43. The van der Waals surface area contributed by atoms with Gasteiger partial charge in [0.15, 0.2) is 0 Å². The van der Waals surface area contributed by atoms with Crippen molar-refractivity contribution in [2.75, 3.05) is 5.32 Å². The van der Waals surface area contributed by atoms with Crippen LogP contribution in [0.25, 0.3) is 0 Å². The van der Waals surface area contributed by atoms with Gasteiger partial charge < -0.3 is 5.32 Å². The minimum absolute atomic E-state index is 0.301. The van der Waals surface area contributed by atoms with E-state index in [1.165, 1.54) is 0 Å². The first-order valence-corrected chi connectivity index (χ1v) is 6.59. The van der Waals surface area contributed by atoms with E-state index in [4.69, 9.17) is 11.6 Å². The molecule has 3 nitrogen and oxygen atoms in total. The number of amides is 1. The molecule has 0 aliphatic rings. The minimum atomic E-state index is -0.301. The highest BCUT2D eigenvalue weighted by Gasteiger charge is 2.11. The molecule has 1 amide bonds. The number of carbonyl (C=O) groups is 2. The number of nitrogens with one attached hydrogen (secondary N) is 1. The Balaban J connectivity index is 2.20. The summed E-state index contributed by atoms with van der Waals surface area (Å²) in [6, 6.07) is 11.6. The lowest BCUT2D eigenvalue weighted by Crippen LogP contribution is -2.12. The Morgan fingerprint density at radius 3 is 2.47 bits per heavy atom. The minimum Gasteiger partial charge on any atom is -0.322 e. The van der Waals surface area contributed by atoms with E-state index < -0.39 is 0 Å². The lowest BCUT2D eigenvalue weighted by molar-refractivity contribution is 0.102. The number of rotatable bonds is 3. The highest BCUT2D eigenvalue weighted by Crippen LogP contribution is 2.22. The van der Waals surface area contributed by atoms with E-state index >= 15 is 0 Å². The van der Waals surface area contributed by atoms with Crippen molar-refractivity contribution in [1.29, 1.82) is 0 Å². The molecule has 2 aromatic rings. The second-order valence-electron chi connectivity index (χ2n) is 3.82.